The lowest BCUT2D eigenvalue weighted by atomic mass is 10.4. The number of carboxylic acid groups (broad SMARTS) is 1. The molecule has 0 rings (SSSR count). The summed E-state index contributed by atoms with van der Waals surface area (Å²) >= 11 is 0. The minimum Gasteiger partial charge on any atom is -0.475 e. The largest absolute Gasteiger partial charge is 0.475 e. The van der Waals surface area contributed by atoms with Crippen LogP contribution < -0.4 is 0 Å². The van der Waals surface area contributed by atoms with Crippen molar-refractivity contribution in [2.75, 3.05) is 14.2 Å². The maximum Gasteiger partial charge on any atom is 0.377 e. The van der Waals surface area contributed by atoms with Gasteiger partial charge in [-0.15, -0.1) is 0 Å². The van der Waals surface area contributed by atoms with E-state index in [0.717, 1.165) is 0 Å². The van der Waals surface area contributed by atoms with Gasteiger partial charge in [0.2, 0.25) is 6.29 Å². The van der Waals surface area contributed by atoms with Crippen LogP contribution in [0.1, 0.15) is 0 Å². The summed E-state index contributed by atoms with van der Waals surface area (Å²) in [6.07, 6.45) is -1.29. The molecule has 0 amide bonds. The molecule has 5 nitrogen and oxygen atoms in total. The standard InChI is InChI=1S/C5H8O5/c1-9-5(10-2)3(6)4(7)8/h5H,1-2H3,(H,7,8). The van der Waals surface area contributed by atoms with Crippen LogP contribution in [0.15, 0.2) is 0 Å². The van der Waals surface area contributed by atoms with Crippen molar-refractivity contribution in [3.05, 3.63) is 0 Å². The zero-order valence-corrected chi connectivity index (χ0v) is 5.66. The van der Waals surface area contributed by atoms with Crippen LogP contribution >= 0.6 is 0 Å². The lowest BCUT2D eigenvalue weighted by Gasteiger charge is -2.07. The van der Waals surface area contributed by atoms with E-state index in [-0.39, 0.29) is 0 Å². The fourth-order valence-corrected chi connectivity index (χ4v) is 0.411. The zero-order valence-electron chi connectivity index (χ0n) is 5.66. The molecule has 0 saturated carbocycles. The van der Waals surface area contributed by atoms with Crippen molar-refractivity contribution in [2.24, 2.45) is 0 Å². The van der Waals surface area contributed by atoms with Crippen molar-refractivity contribution in [3.63, 3.8) is 0 Å². The summed E-state index contributed by atoms with van der Waals surface area (Å²) in [5.74, 6) is -2.67. The Morgan fingerprint density at radius 2 is 1.70 bits per heavy atom. The highest BCUT2D eigenvalue weighted by Gasteiger charge is 2.23. The van der Waals surface area contributed by atoms with Gasteiger partial charge in [0.15, 0.2) is 0 Å². The molecule has 0 aliphatic carbocycles. The van der Waals surface area contributed by atoms with Crippen LogP contribution in [0.25, 0.3) is 0 Å². The van der Waals surface area contributed by atoms with Gasteiger partial charge in [-0.05, 0) is 0 Å². The van der Waals surface area contributed by atoms with Crippen molar-refractivity contribution in [1.82, 2.24) is 0 Å². The first-order valence-corrected chi connectivity index (χ1v) is 2.46. The monoisotopic (exact) mass is 148 g/mol. The molecule has 0 aliphatic rings. The Hall–Kier alpha value is -0.940. The summed E-state index contributed by atoms with van der Waals surface area (Å²) < 4.78 is 8.74. The van der Waals surface area contributed by atoms with Gasteiger partial charge in [0.1, 0.15) is 0 Å². The molecule has 0 aromatic rings. The first kappa shape index (κ1) is 9.06. The van der Waals surface area contributed by atoms with Crippen LogP contribution in [0.3, 0.4) is 0 Å². The molecule has 10 heavy (non-hydrogen) atoms. The molecule has 0 aromatic heterocycles. The zero-order chi connectivity index (χ0) is 8.15. The Balaban J connectivity index is 4.02. The molecule has 0 heterocycles. The van der Waals surface area contributed by atoms with E-state index in [1.165, 1.54) is 14.2 Å². The molecular formula is C5H8O5. The number of carbonyl (C=O) groups is 2. The second-order valence-electron chi connectivity index (χ2n) is 1.47. The molecule has 0 fully saturated rings. The van der Waals surface area contributed by atoms with E-state index < -0.39 is 18.0 Å². The third-order valence-electron chi connectivity index (χ3n) is 0.853. The molecule has 0 bridgehead atoms. The van der Waals surface area contributed by atoms with Gasteiger partial charge < -0.3 is 14.6 Å². The predicted octanol–water partition coefficient (Wildman–Crippen LogP) is -0.741. The minimum atomic E-state index is -1.56. The third-order valence-corrected chi connectivity index (χ3v) is 0.853. The topological polar surface area (TPSA) is 72.8 Å². The molecule has 0 atom stereocenters. The molecule has 1 N–H and O–H groups in total. The Kier molecular flexibility index (Phi) is 3.60. The Bertz CT molecular complexity index is 137. The number of hydrogen-bond acceptors (Lipinski definition) is 4. The SMILES string of the molecule is COC(OC)C(=O)C(=O)O. The highest BCUT2D eigenvalue weighted by molar-refractivity contribution is 6.34. The summed E-state index contributed by atoms with van der Waals surface area (Å²) in [5.41, 5.74) is 0. The van der Waals surface area contributed by atoms with Gasteiger partial charge in [0, 0.05) is 14.2 Å². The number of carbonyl (C=O) groups excluding carboxylic acids is 1. The lowest BCUT2D eigenvalue weighted by Crippen LogP contribution is -2.31. The summed E-state index contributed by atoms with van der Waals surface area (Å²) in [6, 6.07) is 0. The molecular weight excluding hydrogens is 140 g/mol. The van der Waals surface area contributed by atoms with Crippen LogP contribution in [0.5, 0.6) is 0 Å². The van der Waals surface area contributed by atoms with Crippen molar-refractivity contribution in [1.29, 1.82) is 0 Å². The molecule has 0 radical (unpaired) electrons. The molecule has 0 saturated heterocycles. The number of hydrogen-bond donors (Lipinski definition) is 1. The van der Waals surface area contributed by atoms with Crippen molar-refractivity contribution in [2.45, 2.75) is 6.29 Å². The number of ether oxygens (including phenoxy) is 2. The third kappa shape index (κ3) is 2.12. The first-order valence-electron chi connectivity index (χ1n) is 2.46. The predicted molar refractivity (Wildman–Crippen MR) is 30.4 cm³/mol. The van der Waals surface area contributed by atoms with E-state index in [1.807, 2.05) is 0 Å². The van der Waals surface area contributed by atoms with E-state index in [0.29, 0.717) is 0 Å². The van der Waals surface area contributed by atoms with E-state index in [4.69, 9.17) is 5.11 Å². The minimum absolute atomic E-state index is 1.11. The van der Waals surface area contributed by atoms with Gasteiger partial charge in [0.05, 0.1) is 0 Å². The van der Waals surface area contributed by atoms with Gasteiger partial charge in [-0.2, -0.15) is 0 Å². The van der Waals surface area contributed by atoms with Crippen LogP contribution in [0.4, 0.5) is 0 Å². The molecule has 58 valence electrons. The smallest absolute Gasteiger partial charge is 0.377 e. The molecule has 0 aliphatic heterocycles. The van der Waals surface area contributed by atoms with E-state index in [9.17, 15) is 9.59 Å². The average molecular weight is 148 g/mol. The summed E-state index contributed by atoms with van der Waals surface area (Å²) in [6.45, 7) is 0. The van der Waals surface area contributed by atoms with Crippen LogP contribution in [-0.2, 0) is 19.1 Å². The van der Waals surface area contributed by atoms with Crippen molar-refractivity contribution < 1.29 is 24.2 Å². The number of ketones is 1. The van der Waals surface area contributed by atoms with Crippen LogP contribution in [0.2, 0.25) is 0 Å². The van der Waals surface area contributed by atoms with Crippen molar-refractivity contribution >= 4 is 11.8 Å². The molecule has 0 unspecified atom stereocenters. The highest BCUT2D eigenvalue weighted by Crippen LogP contribution is 1.91. The Morgan fingerprint density at radius 1 is 1.30 bits per heavy atom. The summed E-state index contributed by atoms with van der Waals surface area (Å²) in [4.78, 5) is 20.4. The van der Waals surface area contributed by atoms with Crippen molar-refractivity contribution in [3.8, 4) is 0 Å². The lowest BCUT2D eigenvalue weighted by molar-refractivity contribution is -0.170. The van der Waals surface area contributed by atoms with E-state index in [1.54, 1.807) is 0 Å². The van der Waals surface area contributed by atoms with Gasteiger partial charge >= 0.3 is 5.97 Å². The molecule has 5 heteroatoms. The number of carboxylic acids is 1. The summed E-state index contributed by atoms with van der Waals surface area (Å²) in [5, 5.41) is 8.11. The number of Topliss-reactive ketones (excluding diaryl/α,β-unsaturated/α-hetero) is 1. The maximum atomic E-state index is 10.5. The number of methoxy groups -OCH3 is 2. The maximum absolute atomic E-state index is 10.5. The normalized spacial score (nSPS) is 9.90. The Morgan fingerprint density at radius 3 is 1.80 bits per heavy atom. The second kappa shape index (κ2) is 3.97. The van der Waals surface area contributed by atoms with Gasteiger partial charge in [-0.1, -0.05) is 0 Å². The number of rotatable bonds is 4. The van der Waals surface area contributed by atoms with E-state index >= 15 is 0 Å². The fraction of sp³-hybridized carbons (Fsp3) is 0.600. The number of aliphatic carboxylic acids is 1. The summed E-state index contributed by atoms with van der Waals surface area (Å²) in [7, 11) is 2.38. The first-order chi connectivity index (χ1) is 4.63. The quantitative estimate of drug-likeness (QED) is 0.420. The molecule has 0 spiro atoms. The Labute approximate surface area is 57.5 Å². The van der Waals surface area contributed by atoms with E-state index in [2.05, 4.69) is 9.47 Å². The fourth-order valence-electron chi connectivity index (χ4n) is 0.411. The second-order valence-corrected chi connectivity index (χ2v) is 1.47. The molecule has 0 aromatic carbocycles. The van der Waals surface area contributed by atoms with Crippen LogP contribution in [0, 0.1) is 0 Å². The van der Waals surface area contributed by atoms with Gasteiger partial charge in [-0.3, -0.25) is 4.79 Å². The van der Waals surface area contributed by atoms with Gasteiger partial charge in [-0.25, -0.2) is 4.79 Å². The highest BCUT2D eigenvalue weighted by atomic mass is 16.7. The average Bonchev–Trinajstić information content (AvgIpc) is 1.90. The van der Waals surface area contributed by atoms with Gasteiger partial charge in [0.25, 0.3) is 5.78 Å². The van der Waals surface area contributed by atoms with Crippen LogP contribution in [-0.4, -0.2) is 37.4 Å².